The molecule has 1 amide bonds. The van der Waals surface area contributed by atoms with E-state index in [-0.39, 0.29) is 23.9 Å². The molecular weight excluding hydrogens is 364 g/mol. The molecule has 0 fully saturated rings. The number of nitrogens with one attached hydrogen (secondary N) is 1. The van der Waals surface area contributed by atoms with E-state index in [4.69, 9.17) is 11.6 Å². The Kier molecular flexibility index (Phi) is 6.98. The zero-order valence-corrected chi connectivity index (χ0v) is 15.5. The Bertz CT molecular complexity index is 776. The predicted molar refractivity (Wildman–Crippen MR) is 95.7 cm³/mol. The van der Waals surface area contributed by atoms with Crippen molar-refractivity contribution in [3.8, 4) is 0 Å². The summed E-state index contributed by atoms with van der Waals surface area (Å²) in [6, 6.07) is 5.89. The number of hydrogen-bond donors (Lipinski definition) is 1. The number of aryl methyl sites for hydroxylation is 1. The molecule has 2 aromatic rings. The summed E-state index contributed by atoms with van der Waals surface area (Å²) in [5.74, 6) is -0.329. The van der Waals surface area contributed by atoms with Crippen molar-refractivity contribution in [3.63, 3.8) is 0 Å². The van der Waals surface area contributed by atoms with Crippen LogP contribution in [0, 0.1) is 0 Å². The quantitative estimate of drug-likeness (QED) is 0.667. The first kappa shape index (κ1) is 19.4. The molecule has 0 aliphatic heterocycles. The van der Waals surface area contributed by atoms with E-state index in [0.717, 1.165) is 17.3 Å². The molecule has 0 saturated carbocycles. The summed E-state index contributed by atoms with van der Waals surface area (Å²) in [6.45, 7) is 2.89. The lowest BCUT2D eigenvalue weighted by molar-refractivity contribution is -0.121. The molecule has 0 aliphatic carbocycles. The van der Waals surface area contributed by atoms with Crippen LogP contribution in [0.25, 0.3) is 0 Å². The number of halogens is 1. The van der Waals surface area contributed by atoms with E-state index in [1.54, 1.807) is 19.4 Å². The molecule has 0 radical (unpaired) electrons. The summed E-state index contributed by atoms with van der Waals surface area (Å²) in [6.07, 6.45) is 5.98. The van der Waals surface area contributed by atoms with Gasteiger partial charge in [-0.15, -0.1) is 0 Å². The molecule has 0 bridgehead atoms. The van der Waals surface area contributed by atoms with Gasteiger partial charge in [0.2, 0.25) is 15.9 Å². The third kappa shape index (κ3) is 5.55. The third-order valence-electron chi connectivity index (χ3n) is 3.60. The Balaban J connectivity index is 1.87. The summed E-state index contributed by atoms with van der Waals surface area (Å²) in [4.78, 5) is 16.1. The Morgan fingerprint density at radius 3 is 2.64 bits per heavy atom. The summed E-state index contributed by atoms with van der Waals surface area (Å²) in [5.41, 5.74) is 0. The van der Waals surface area contributed by atoms with Crippen molar-refractivity contribution in [2.75, 3.05) is 19.6 Å². The Morgan fingerprint density at radius 2 is 2.04 bits per heavy atom. The van der Waals surface area contributed by atoms with Gasteiger partial charge in [-0.05, 0) is 30.7 Å². The van der Waals surface area contributed by atoms with Crippen LogP contribution in [0.4, 0.5) is 0 Å². The average Bonchev–Trinajstić information content (AvgIpc) is 3.10. The number of hydrogen-bond acceptors (Lipinski definition) is 4. The van der Waals surface area contributed by atoms with Crippen LogP contribution in [-0.2, 0) is 21.4 Å². The fourth-order valence-electron chi connectivity index (χ4n) is 2.25. The molecular formula is C16H21ClN4O3S. The number of aromatic nitrogens is 2. The predicted octanol–water partition coefficient (Wildman–Crippen LogP) is 1.75. The van der Waals surface area contributed by atoms with E-state index in [0.29, 0.717) is 11.6 Å². The van der Waals surface area contributed by atoms with Crippen LogP contribution in [0.15, 0.2) is 47.9 Å². The second kappa shape index (κ2) is 8.98. The molecule has 0 aliphatic rings. The van der Waals surface area contributed by atoms with Crippen molar-refractivity contribution in [1.82, 2.24) is 19.2 Å². The van der Waals surface area contributed by atoms with E-state index in [2.05, 4.69) is 10.3 Å². The molecule has 1 aromatic heterocycles. The van der Waals surface area contributed by atoms with Crippen LogP contribution in [0.1, 0.15) is 13.3 Å². The van der Waals surface area contributed by atoms with Crippen LogP contribution >= 0.6 is 11.6 Å². The smallest absolute Gasteiger partial charge is 0.243 e. The van der Waals surface area contributed by atoms with E-state index < -0.39 is 10.0 Å². The first-order valence-electron chi connectivity index (χ1n) is 7.91. The number of benzene rings is 1. The summed E-state index contributed by atoms with van der Waals surface area (Å²) in [7, 11) is -3.73. The van der Waals surface area contributed by atoms with Crippen molar-refractivity contribution in [2.45, 2.75) is 24.8 Å². The van der Waals surface area contributed by atoms with Gasteiger partial charge in [0.1, 0.15) is 0 Å². The maximum absolute atomic E-state index is 12.6. The van der Waals surface area contributed by atoms with Crippen molar-refractivity contribution < 1.29 is 13.2 Å². The molecule has 7 nitrogen and oxygen atoms in total. The molecule has 0 atom stereocenters. The van der Waals surface area contributed by atoms with Gasteiger partial charge in [0.15, 0.2) is 0 Å². The van der Waals surface area contributed by atoms with Crippen LogP contribution in [0.5, 0.6) is 0 Å². The second-order valence-corrected chi connectivity index (χ2v) is 7.76. The number of carbonyl (C=O) groups is 1. The van der Waals surface area contributed by atoms with Gasteiger partial charge in [-0.3, -0.25) is 4.79 Å². The fourth-order valence-corrected chi connectivity index (χ4v) is 3.78. The van der Waals surface area contributed by atoms with Crippen molar-refractivity contribution >= 4 is 27.5 Å². The molecule has 136 valence electrons. The van der Waals surface area contributed by atoms with Gasteiger partial charge in [-0.25, -0.2) is 13.4 Å². The summed E-state index contributed by atoms with van der Waals surface area (Å²) in [5, 5.41) is 3.20. The van der Waals surface area contributed by atoms with Gasteiger partial charge in [0.05, 0.1) is 17.8 Å². The number of imidazole rings is 1. The molecule has 1 N–H and O–H groups in total. The van der Waals surface area contributed by atoms with Gasteiger partial charge in [-0.2, -0.15) is 4.31 Å². The Morgan fingerprint density at radius 1 is 1.32 bits per heavy atom. The number of nitrogens with zero attached hydrogens (tertiary/aromatic N) is 3. The lowest BCUT2D eigenvalue weighted by atomic mass is 10.4. The first-order valence-corrected chi connectivity index (χ1v) is 9.73. The standard InChI is InChI=1S/C16H21ClN4O3S/c1-2-21(25(23,24)15-6-4-14(17)5-7-15)12-16(22)19-8-3-10-20-11-9-18-13-20/h4-7,9,11,13H,2-3,8,10,12H2,1H3,(H,19,22). The molecule has 0 spiro atoms. The average molecular weight is 385 g/mol. The fraction of sp³-hybridized carbons (Fsp3) is 0.375. The van der Waals surface area contributed by atoms with Crippen LogP contribution in [0.2, 0.25) is 5.02 Å². The van der Waals surface area contributed by atoms with Gasteiger partial charge in [-0.1, -0.05) is 18.5 Å². The molecule has 2 rings (SSSR count). The number of sulfonamides is 1. The number of carbonyl (C=O) groups excluding carboxylic acids is 1. The summed E-state index contributed by atoms with van der Waals surface area (Å²) >= 11 is 5.79. The topological polar surface area (TPSA) is 84.3 Å². The van der Waals surface area contributed by atoms with E-state index in [1.165, 1.54) is 24.3 Å². The minimum absolute atomic E-state index is 0.117. The van der Waals surface area contributed by atoms with Gasteiger partial charge in [0.25, 0.3) is 0 Å². The highest BCUT2D eigenvalue weighted by Gasteiger charge is 2.24. The number of likely N-dealkylation sites (N-methyl/N-ethyl adjacent to an activating group) is 1. The third-order valence-corrected chi connectivity index (χ3v) is 5.79. The lowest BCUT2D eigenvalue weighted by Crippen LogP contribution is -2.40. The lowest BCUT2D eigenvalue weighted by Gasteiger charge is -2.20. The van der Waals surface area contributed by atoms with Gasteiger partial charge in [0, 0.05) is 37.1 Å². The summed E-state index contributed by atoms with van der Waals surface area (Å²) < 4.78 is 28.2. The van der Waals surface area contributed by atoms with Crippen LogP contribution in [0.3, 0.4) is 0 Å². The normalized spacial score (nSPS) is 11.6. The zero-order valence-electron chi connectivity index (χ0n) is 13.9. The molecule has 1 aromatic carbocycles. The largest absolute Gasteiger partial charge is 0.355 e. The van der Waals surface area contributed by atoms with E-state index in [9.17, 15) is 13.2 Å². The van der Waals surface area contributed by atoms with Crippen molar-refractivity contribution in [1.29, 1.82) is 0 Å². The van der Waals surface area contributed by atoms with Gasteiger partial charge >= 0.3 is 0 Å². The monoisotopic (exact) mass is 384 g/mol. The SMILES string of the molecule is CCN(CC(=O)NCCCn1ccnc1)S(=O)(=O)c1ccc(Cl)cc1. The first-order chi connectivity index (χ1) is 11.9. The zero-order chi connectivity index (χ0) is 18.3. The molecule has 9 heteroatoms. The molecule has 0 unspecified atom stereocenters. The second-order valence-electron chi connectivity index (χ2n) is 5.39. The maximum atomic E-state index is 12.6. The molecule has 0 saturated heterocycles. The number of rotatable bonds is 9. The van der Waals surface area contributed by atoms with E-state index >= 15 is 0 Å². The minimum Gasteiger partial charge on any atom is -0.355 e. The van der Waals surface area contributed by atoms with E-state index in [1.807, 2.05) is 10.8 Å². The van der Waals surface area contributed by atoms with Crippen molar-refractivity contribution in [2.24, 2.45) is 0 Å². The highest BCUT2D eigenvalue weighted by Crippen LogP contribution is 2.18. The van der Waals surface area contributed by atoms with Crippen molar-refractivity contribution in [3.05, 3.63) is 48.0 Å². The van der Waals surface area contributed by atoms with Gasteiger partial charge < -0.3 is 9.88 Å². The van der Waals surface area contributed by atoms with Crippen LogP contribution in [-0.4, -0.2) is 47.8 Å². The Labute approximate surface area is 152 Å². The minimum atomic E-state index is -3.73. The number of amides is 1. The maximum Gasteiger partial charge on any atom is 0.243 e. The molecule has 25 heavy (non-hydrogen) atoms. The highest BCUT2D eigenvalue weighted by molar-refractivity contribution is 7.89. The Hall–Kier alpha value is -1.90. The highest BCUT2D eigenvalue weighted by atomic mass is 35.5. The van der Waals surface area contributed by atoms with Crippen LogP contribution < -0.4 is 5.32 Å². The molecule has 1 heterocycles.